The van der Waals surface area contributed by atoms with Crippen molar-refractivity contribution in [3.05, 3.63) is 29.8 Å². The minimum atomic E-state index is -4.18. The van der Waals surface area contributed by atoms with E-state index in [0.717, 1.165) is 22.6 Å². The molecule has 0 aliphatic rings. The summed E-state index contributed by atoms with van der Waals surface area (Å²) < 4.78 is 28.9. The van der Waals surface area contributed by atoms with E-state index in [-0.39, 0.29) is 31.3 Å². The Hall–Kier alpha value is -1.24. The van der Waals surface area contributed by atoms with Crippen molar-refractivity contribution in [1.82, 2.24) is 0 Å². The van der Waals surface area contributed by atoms with E-state index in [1.165, 1.54) is 96.3 Å². The maximum Gasteiger partial charge on any atom is 0.472 e. The van der Waals surface area contributed by atoms with Gasteiger partial charge in [-0.15, -0.1) is 0 Å². The second kappa shape index (κ2) is 26.0. The van der Waals surface area contributed by atoms with E-state index in [2.05, 4.69) is 6.92 Å². The molecule has 250 valence electrons. The molecule has 2 unspecified atom stereocenters. The number of nitrogens with one attached hydrogen (secondary N) is 1. The Morgan fingerprint density at radius 1 is 0.791 bits per heavy atom. The summed E-state index contributed by atoms with van der Waals surface area (Å²) in [7, 11) is -0.289. The van der Waals surface area contributed by atoms with Crippen LogP contribution in [-0.2, 0) is 24.8 Å². The molecule has 1 aromatic rings. The summed E-state index contributed by atoms with van der Waals surface area (Å²) in [6.45, 7) is 5.47. The minimum absolute atomic E-state index is 0.0260. The SMILES string of the molecule is CCCCCCCCCCCCCCCCCCOc1ccccc1CC(COP(=O)(O)OCC[NH+](C)C)CC(=O)CC. The lowest BCUT2D eigenvalue weighted by Crippen LogP contribution is -3.06. The predicted molar refractivity (Wildman–Crippen MR) is 178 cm³/mol. The number of carbonyl (C=O) groups is 1. The first-order valence-corrected chi connectivity index (χ1v) is 18.9. The van der Waals surface area contributed by atoms with Gasteiger partial charge in [0.05, 0.1) is 27.3 Å². The van der Waals surface area contributed by atoms with Crippen LogP contribution >= 0.6 is 7.82 Å². The molecule has 2 atom stereocenters. The molecule has 1 aromatic carbocycles. The number of para-hydroxylation sites is 1. The van der Waals surface area contributed by atoms with Crippen LogP contribution in [0, 0.1) is 5.92 Å². The fraction of sp³-hybridized carbons (Fsp3) is 0.800. The Morgan fingerprint density at radius 3 is 1.86 bits per heavy atom. The molecule has 0 bridgehead atoms. The van der Waals surface area contributed by atoms with Gasteiger partial charge < -0.3 is 14.5 Å². The minimum Gasteiger partial charge on any atom is -0.493 e. The highest BCUT2D eigenvalue weighted by Gasteiger charge is 2.25. The number of quaternary nitrogens is 1. The highest BCUT2D eigenvalue weighted by Crippen LogP contribution is 2.43. The van der Waals surface area contributed by atoms with Crippen molar-refractivity contribution in [2.24, 2.45) is 5.92 Å². The van der Waals surface area contributed by atoms with Gasteiger partial charge in [-0.05, 0) is 30.4 Å². The summed E-state index contributed by atoms with van der Waals surface area (Å²) in [4.78, 5) is 23.5. The van der Waals surface area contributed by atoms with E-state index in [9.17, 15) is 14.3 Å². The molecule has 0 aromatic heterocycles. The maximum atomic E-state index is 12.4. The molecule has 0 aliphatic carbocycles. The Kier molecular flexibility index (Phi) is 24.1. The number of rotatable bonds is 30. The molecule has 7 nitrogen and oxygen atoms in total. The second-order valence-electron chi connectivity index (χ2n) is 12.5. The highest BCUT2D eigenvalue weighted by molar-refractivity contribution is 7.47. The standard InChI is InChI=1S/C35H64NO6P/c1-5-7-8-9-10-11-12-13-14-15-16-17-18-19-20-23-27-40-35-25-22-21-24-33(35)29-32(30-34(37)6-2)31-42-43(38,39)41-28-26-36(3)4/h21-22,24-25,32H,5-20,23,26-31H2,1-4H3,(H,38,39)/p+1. The molecule has 1 rings (SSSR count). The Labute approximate surface area is 264 Å². The van der Waals surface area contributed by atoms with E-state index < -0.39 is 7.82 Å². The van der Waals surface area contributed by atoms with Crippen molar-refractivity contribution < 1.29 is 32.9 Å². The number of phosphoric ester groups is 1. The number of ketones is 1. The number of hydrogen-bond donors (Lipinski definition) is 2. The van der Waals surface area contributed by atoms with Crippen LogP contribution in [0.5, 0.6) is 5.75 Å². The van der Waals surface area contributed by atoms with Crippen LogP contribution in [0.3, 0.4) is 0 Å². The topological polar surface area (TPSA) is 86.5 Å². The van der Waals surface area contributed by atoms with E-state index in [1.54, 1.807) is 0 Å². The second-order valence-corrected chi connectivity index (χ2v) is 13.9. The van der Waals surface area contributed by atoms with Crippen LogP contribution in [-0.4, -0.2) is 51.1 Å². The van der Waals surface area contributed by atoms with Crippen molar-refractivity contribution >= 4 is 13.6 Å². The number of hydrogen-bond acceptors (Lipinski definition) is 5. The van der Waals surface area contributed by atoms with Gasteiger partial charge in [0.25, 0.3) is 0 Å². The van der Waals surface area contributed by atoms with Crippen molar-refractivity contribution in [2.75, 3.05) is 40.5 Å². The molecule has 8 heteroatoms. The van der Waals surface area contributed by atoms with Gasteiger partial charge in [-0.3, -0.25) is 13.8 Å². The van der Waals surface area contributed by atoms with Gasteiger partial charge in [0.2, 0.25) is 0 Å². The molecule has 43 heavy (non-hydrogen) atoms. The number of ether oxygens (including phenoxy) is 1. The summed E-state index contributed by atoms with van der Waals surface area (Å²) >= 11 is 0. The Balaban J connectivity index is 2.30. The maximum absolute atomic E-state index is 12.4. The highest BCUT2D eigenvalue weighted by atomic mass is 31.2. The molecule has 0 heterocycles. The molecule has 0 amide bonds. The first-order chi connectivity index (χ1) is 20.8. The lowest BCUT2D eigenvalue weighted by Gasteiger charge is -2.20. The molecular formula is C35H65NO6P+. The van der Waals surface area contributed by atoms with Gasteiger partial charge in [0.1, 0.15) is 24.7 Å². The van der Waals surface area contributed by atoms with Gasteiger partial charge in [-0.1, -0.05) is 128 Å². The molecule has 0 fully saturated rings. The summed E-state index contributed by atoms with van der Waals surface area (Å²) in [5.41, 5.74) is 0.987. The van der Waals surface area contributed by atoms with Crippen LogP contribution in [0.15, 0.2) is 24.3 Å². The summed E-state index contributed by atoms with van der Waals surface area (Å²) in [6.07, 6.45) is 22.7. The first-order valence-electron chi connectivity index (χ1n) is 17.4. The Morgan fingerprint density at radius 2 is 1.33 bits per heavy atom. The average molecular weight is 627 g/mol. The smallest absolute Gasteiger partial charge is 0.472 e. The number of benzene rings is 1. The third-order valence-corrected chi connectivity index (χ3v) is 8.96. The number of carbonyl (C=O) groups excluding carboxylic acids is 1. The average Bonchev–Trinajstić information content (AvgIpc) is 2.98. The number of unbranched alkanes of at least 4 members (excludes halogenated alkanes) is 15. The molecule has 0 spiro atoms. The monoisotopic (exact) mass is 626 g/mol. The van der Waals surface area contributed by atoms with Gasteiger partial charge in [0, 0.05) is 12.8 Å². The van der Waals surface area contributed by atoms with Crippen molar-refractivity contribution in [3.63, 3.8) is 0 Å². The first kappa shape index (κ1) is 39.8. The van der Waals surface area contributed by atoms with E-state index in [4.69, 9.17) is 13.8 Å². The van der Waals surface area contributed by atoms with E-state index in [0.29, 0.717) is 26.0 Å². The summed E-state index contributed by atoms with van der Waals surface area (Å²) in [5.74, 6) is 0.677. The molecule has 2 N–H and O–H groups in total. The zero-order chi connectivity index (χ0) is 31.6. The number of phosphoric acid groups is 1. The quantitative estimate of drug-likeness (QED) is 0.0662. The molecule has 0 radical (unpaired) electrons. The van der Waals surface area contributed by atoms with Crippen molar-refractivity contribution in [3.8, 4) is 5.75 Å². The lowest BCUT2D eigenvalue weighted by atomic mass is 9.94. The molecule has 0 saturated heterocycles. The Bertz CT molecular complexity index is 864. The van der Waals surface area contributed by atoms with Crippen LogP contribution in [0.4, 0.5) is 0 Å². The number of likely N-dealkylation sites (N-methyl/N-ethyl adjacent to an activating group) is 1. The van der Waals surface area contributed by atoms with Crippen LogP contribution in [0.25, 0.3) is 0 Å². The van der Waals surface area contributed by atoms with Crippen LogP contribution in [0.2, 0.25) is 0 Å². The third-order valence-electron chi connectivity index (χ3n) is 7.98. The number of Topliss-reactive ketones (excluding diaryl/α,β-unsaturated/α-hetero) is 1. The fourth-order valence-corrected chi connectivity index (χ4v) is 6.01. The third kappa shape index (κ3) is 22.9. The zero-order valence-corrected chi connectivity index (χ0v) is 29.0. The van der Waals surface area contributed by atoms with E-state index in [1.807, 2.05) is 45.3 Å². The van der Waals surface area contributed by atoms with Crippen molar-refractivity contribution in [2.45, 2.75) is 136 Å². The lowest BCUT2D eigenvalue weighted by molar-refractivity contribution is -0.858. The largest absolute Gasteiger partial charge is 0.493 e. The predicted octanol–water partition coefficient (Wildman–Crippen LogP) is 8.13. The van der Waals surface area contributed by atoms with Crippen molar-refractivity contribution in [1.29, 1.82) is 0 Å². The normalized spacial score (nSPS) is 13.7. The van der Waals surface area contributed by atoms with Gasteiger partial charge in [0.15, 0.2) is 0 Å². The summed E-state index contributed by atoms with van der Waals surface area (Å²) in [5, 5.41) is 0. The zero-order valence-electron chi connectivity index (χ0n) is 28.1. The molecule has 0 saturated carbocycles. The van der Waals surface area contributed by atoms with E-state index >= 15 is 0 Å². The summed E-state index contributed by atoms with van der Waals surface area (Å²) in [6, 6.07) is 7.88. The fourth-order valence-electron chi connectivity index (χ4n) is 5.21. The van der Waals surface area contributed by atoms with Crippen LogP contribution < -0.4 is 9.64 Å². The van der Waals surface area contributed by atoms with Crippen LogP contribution in [0.1, 0.15) is 135 Å². The van der Waals surface area contributed by atoms with Gasteiger partial charge >= 0.3 is 7.82 Å². The molecular weight excluding hydrogens is 561 g/mol. The van der Waals surface area contributed by atoms with Gasteiger partial charge in [-0.2, -0.15) is 0 Å². The molecule has 0 aliphatic heterocycles. The van der Waals surface area contributed by atoms with Gasteiger partial charge in [-0.25, -0.2) is 4.57 Å².